The third-order valence-corrected chi connectivity index (χ3v) is 4.56. The average Bonchev–Trinajstić information content (AvgIpc) is 2.49. The van der Waals surface area contributed by atoms with Crippen LogP contribution in [0.4, 0.5) is 0 Å². The van der Waals surface area contributed by atoms with Crippen molar-refractivity contribution in [1.29, 1.82) is 0 Å². The van der Waals surface area contributed by atoms with Crippen molar-refractivity contribution in [3.8, 4) is 0 Å². The fraction of sp³-hybridized carbons (Fsp3) is 0.625. The maximum absolute atomic E-state index is 3.44. The number of benzene rings is 1. The Kier molecular flexibility index (Phi) is 3.96. The summed E-state index contributed by atoms with van der Waals surface area (Å²) in [7, 11) is 0. The Morgan fingerprint density at radius 2 is 0.944 bits per heavy atom. The lowest BCUT2D eigenvalue weighted by atomic mass is 9.86. The second-order valence-corrected chi connectivity index (χ2v) is 5.72. The predicted molar refractivity (Wildman–Crippen MR) is 76.1 cm³/mol. The van der Waals surface area contributed by atoms with E-state index in [1.54, 1.807) is 11.1 Å². The van der Waals surface area contributed by atoms with Gasteiger partial charge < -0.3 is 10.6 Å². The highest BCUT2D eigenvalue weighted by molar-refractivity contribution is 5.28. The number of rotatable bonds is 2. The Morgan fingerprint density at radius 3 is 1.28 bits per heavy atom. The summed E-state index contributed by atoms with van der Waals surface area (Å²) in [6.07, 6.45) is 5.19. The van der Waals surface area contributed by atoms with E-state index < -0.39 is 0 Å². The molecular formula is C16H24N2. The van der Waals surface area contributed by atoms with E-state index in [4.69, 9.17) is 0 Å². The van der Waals surface area contributed by atoms with Crippen molar-refractivity contribution >= 4 is 0 Å². The van der Waals surface area contributed by atoms with Crippen LogP contribution in [0.2, 0.25) is 0 Å². The second kappa shape index (κ2) is 5.85. The van der Waals surface area contributed by atoms with Crippen LogP contribution in [0.5, 0.6) is 0 Å². The van der Waals surface area contributed by atoms with E-state index in [9.17, 15) is 0 Å². The molecule has 1 aromatic carbocycles. The molecule has 98 valence electrons. The molecule has 18 heavy (non-hydrogen) atoms. The zero-order valence-corrected chi connectivity index (χ0v) is 11.1. The Hall–Kier alpha value is -0.860. The molecule has 0 amide bonds. The molecule has 2 saturated heterocycles. The molecule has 3 rings (SSSR count). The number of nitrogens with one attached hydrogen (secondary N) is 2. The quantitative estimate of drug-likeness (QED) is 0.835. The zero-order chi connectivity index (χ0) is 12.2. The molecule has 0 aromatic heterocycles. The van der Waals surface area contributed by atoms with Crippen molar-refractivity contribution in [3.05, 3.63) is 35.4 Å². The molecule has 1 aromatic rings. The van der Waals surface area contributed by atoms with Gasteiger partial charge in [-0.2, -0.15) is 0 Å². The molecular weight excluding hydrogens is 220 g/mol. The molecule has 0 bridgehead atoms. The van der Waals surface area contributed by atoms with E-state index in [1.165, 1.54) is 51.9 Å². The second-order valence-electron chi connectivity index (χ2n) is 5.72. The predicted octanol–water partition coefficient (Wildman–Crippen LogP) is 2.62. The molecule has 0 saturated carbocycles. The van der Waals surface area contributed by atoms with Crippen LogP contribution in [-0.2, 0) is 0 Å². The van der Waals surface area contributed by atoms with Crippen LogP contribution in [0, 0.1) is 0 Å². The molecule has 0 atom stereocenters. The molecule has 0 unspecified atom stereocenters. The van der Waals surface area contributed by atoms with Gasteiger partial charge in [-0.15, -0.1) is 0 Å². The van der Waals surface area contributed by atoms with Gasteiger partial charge in [-0.25, -0.2) is 0 Å². The smallest absolute Gasteiger partial charge is 0.00431 e. The van der Waals surface area contributed by atoms with Crippen molar-refractivity contribution in [2.45, 2.75) is 37.5 Å². The van der Waals surface area contributed by atoms with E-state index in [0.29, 0.717) is 0 Å². The lowest BCUT2D eigenvalue weighted by molar-refractivity contribution is 0.456. The van der Waals surface area contributed by atoms with Crippen LogP contribution in [0.15, 0.2) is 24.3 Å². The summed E-state index contributed by atoms with van der Waals surface area (Å²) in [5, 5.41) is 6.88. The largest absolute Gasteiger partial charge is 0.317 e. The Labute approximate surface area is 110 Å². The lowest BCUT2D eigenvalue weighted by Crippen LogP contribution is -2.27. The van der Waals surface area contributed by atoms with Gasteiger partial charge in [0.25, 0.3) is 0 Å². The standard InChI is InChI=1S/C16H24N2/c1-2-14(16-7-11-18-12-8-16)4-3-13(1)15-5-9-17-10-6-15/h1-4,15-18H,5-12H2. The maximum Gasteiger partial charge on any atom is -0.00431 e. The molecule has 0 spiro atoms. The fourth-order valence-electron chi connectivity index (χ4n) is 3.35. The van der Waals surface area contributed by atoms with E-state index in [0.717, 1.165) is 11.8 Å². The highest BCUT2D eigenvalue weighted by atomic mass is 14.9. The third kappa shape index (κ3) is 2.76. The monoisotopic (exact) mass is 244 g/mol. The van der Waals surface area contributed by atoms with Crippen LogP contribution in [-0.4, -0.2) is 26.2 Å². The molecule has 2 aliphatic heterocycles. The average molecular weight is 244 g/mol. The van der Waals surface area contributed by atoms with Crippen molar-refractivity contribution in [1.82, 2.24) is 10.6 Å². The number of hydrogen-bond acceptors (Lipinski definition) is 2. The topological polar surface area (TPSA) is 24.1 Å². The summed E-state index contributed by atoms with van der Waals surface area (Å²) in [5.74, 6) is 1.57. The normalized spacial score (nSPS) is 23.1. The highest BCUT2D eigenvalue weighted by Crippen LogP contribution is 2.29. The molecule has 2 heteroatoms. The van der Waals surface area contributed by atoms with Crippen LogP contribution in [0.1, 0.15) is 48.6 Å². The zero-order valence-electron chi connectivity index (χ0n) is 11.1. The van der Waals surface area contributed by atoms with Gasteiger partial charge in [0, 0.05) is 0 Å². The molecule has 2 N–H and O–H groups in total. The van der Waals surface area contributed by atoms with E-state index in [-0.39, 0.29) is 0 Å². The van der Waals surface area contributed by atoms with Crippen molar-refractivity contribution in [3.63, 3.8) is 0 Å². The minimum Gasteiger partial charge on any atom is -0.317 e. The first kappa shape index (κ1) is 12.2. The van der Waals surface area contributed by atoms with Gasteiger partial charge in [0.2, 0.25) is 0 Å². The summed E-state index contributed by atoms with van der Waals surface area (Å²) in [5.41, 5.74) is 3.10. The van der Waals surface area contributed by atoms with Gasteiger partial charge in [-0.3, -0.25) is 0 Å². The lowest BCUT2D eigenvalue weighted by Gasteiger charge is -2.25. The van der Waals surface area contributed by atoms with Gasteiger partial charge in [0.05, 0.1) is 0 Å². The molecule has 0 radical (unpaired) electrons. The van der Waals surface area contributed by atoms with E-state index >= 15 is 0 Å². The number of piperidine rings is 2. The summed E-state index contributed by atoms with van der Waals surface area (Å²) in [6, 6.07) is 9.53. The summed E-state index contributed by atoms with van der Waals surface area (Å²) < 4.78 is 0. The number of hydrogen-bond donors (Lipinski definition) is 2. The first-order valence-corrected chi connectivity index (χ1v) is 7.45. The first-order chi connectivity index (χ1) is 8.93. The summed E-state index contributed by atoms with van der Waals surface area (Å²) in [4.78, 5) is 0. The van der Waals surface area contributed by atoms with Crippen LogP contribution in [0.3, 0.4) is 0 Å². The Bertz CT molecular complexity index is 322. The Morgan fingerprint density at radius 1 is 0.611 bits per heavy atom. The van der Waals surface area contributed by atoms with Crippen molar-refractivity contribution in [2.75, 3.05) is 26.2 Å². The molecule has 2 aliphatic rings. The van der Waals surface area contributed by atoms with Crippen molar-refractivity contribution < 1.29 is 0 Å². The minimum absolute atomic E-state index is 0.785. The van der Waals surface area contributed by atoms with Gasteiger partial charge in [-0.05, 0) is 74.8 Å². The molecule has 2 nitrogen and oxygen atoms in total. The SMILES string of the molecule is c1cc(C2CCNCC2)ccc1C1CCNCC1. The molecule has 0 aliphatic carbocycles. The first-order valence-electron chi connectivity index (χ1n) is 7.45. The van der Waals surface area contributed by atoms with Gasteiger partial charge in [0.1, 0.15) is 0 Å². The van der Waals surface area contributed by atoms with Gasteiger partial charge in [0.15, 0.2) is 0 Å². The van der Waals surface area contributed by atoms with E-state index in [2.05, 4.69) is 34.9 Å². The molecule has 2 heterocycles. The minimum atomic E-state index is 0.785. The fourth-order valence-corrected chi connectivity index (χ4v) is 3.35. The summed E-state index contributed by atoms with van der Waals surface area (Å²) >= 11 is 0. The van der Waals surface area contributed by atoms with Crippen molar-refractivity contribution in [2.24, 2.45) is 0 Å². The maximum atomic E-state index is 3.44. The van der Waals surface area contributed by atoms with E-state index in [1.807, 2.05) is 0 Å². The van der Waals surface area contributed by atoms with Crippen LogP contribution >= 0.6 is 0 Å². The Balaban J connectivity index is 1.67. The van der Waals surface area contributed by atoms with Gasteiger partial charge >= 0.3 is 0 Å². The van der Waals surface area contributed by atoms with Crippen LogP contribution < -0.4 is 10.6 Å². The highest BCUT2D eigenvalue weighted by Gasteiger charge is 2.17. The molecule has 2 fully saturated rings. The third-order valence-electron chi connectivity index (χ3n) is 4.56. The van der Waals surface area contributed by atoms with Gasteiger partial charge in [-0.1, -0.05) is 24.3 Å². The van der Waals surface area contributed by atoms with Crippen LogP contribution in [0.25, 0.3) is 0 Å². The summed E-state index contributed by atoms with van der Waals surface area (Å²) in [6.45, 7) is 4.73.